The van der Waals surface area contributed by atoms with Gasteiger partial charge in [-0.25, -0.2) is 4.79 Å². The first-order valence-electron chi connectivity index (χ1n) is 11.2. The van der Waals surface area contributed by atoms with Crippen molar-refractivity contribution in [2.45, 2.75) is 19.9 Å². The molecule has 4 rings (SSSR count). The molecule has 12 heteroatoms. The Hall–Kier alpha value is -2.54. The molecule has 2 aliphatic heterocycles. The molecule has 1 unspecified atom stereocenters. The smallest absolute Gasteiger partial charge is 0.409 e. The number of aromatic nitrogens is 2. The molecule has 0 radical (unpaired) electrons. The first-order chi connectivity index (χ1) is 15.9. The molecule has 0 saturated carbocycles. The number of amides is 1. The Bertz CT molecular complexity index is 1030. The summed E-state index contributed by atoms with van der Waals surface area (Å²) in [6, 6.07) is 9.51. The van der Waals surface area contributed by atoms with E-state index in [0.717, 1.165) is 5.56 Å². The quantitative estimate of drug-likeness (QED) is 0.613. The van der Waals surface area contributed by atoms with E-state index in [1.807, 2.05) is 37.3 Å². The lowest BCUT2D eigenvalue weighted by atomic mass is 10.2. The largest absolute Gasteiger partial charge is 0.450 e. The van der Waals surface area contributed by atoms with Gasteiger partial charge in [-0.1, -0.05) is 35.5 Å². The molecule has 2 saturated heterocycles. The number of hydrogen-bond donors (Lipinski definition) is 0. The fraction of sp³-hybridized carbons (Fsp3) is 0.571. The van der Waals surface area contributed by atoms with Crippen molar-refractivity contribution in [1.82, 2.24) is 28.6 Å². The van der Waals surface area contributed by atoms with Crippen molar-refractivity contribution in [2.75, 3.05) is 59.0 Å². The van der Waals surface area contributed by atoms with Gasteiger partial charge in [0.05, 0.1) is 12.6 Å². The number of nitrogens with zero attached hydrogens (tertiary/aromatic N) is 6. The van der Waals surface area contributed by atoms with Crippen LogP contribution in [-0.2, 0) is 14.9 Å². The van der Waals surface area contributed by atoms with E-state index in [9.17, 15) is 13.2 Å². The maximum absolute atomic E-state index is 13.1. The average molecular weight is 479 g/mol. The molecule has 3 heterocycles. The number of hydrogen-bond acceptors (Lipinski definition) is 8. The Kier molecular flexibility index (Phi) is 7.27. The summed E-state index contributed by atoms with van der Waals surface area (Å²) in [7, 11) is -3.58. The minimum Gasteiger partial charge on any atom is -0.450 e. The second-order valence-electron chi connectivity index (χ2n) is 8.03. The molecule has 11 nitrogen and oxygen atoms in total. The molecule has 2 aliphatic rings. The third-order valence-electron chi connectivity index (χ3n) is 6.07. The monoisotopic (exact) mass is 478 g/mol. The first-order valence-corrected chi connectivity index (χ1v) is 12.6. The minimum atomic E-state index is -3.58. The highest BCUT2D eigenvalue weighted by Crippen LogP contribution is 2.24. The van der Waals surface area contributed by atoms with Crippen molar-refractivity contribution >= 4 is 16.3 Å². The molecule has 1 atom stereocenters. The molecular formula is C21H30N6O5S. The molecule has 33 heavy (non-hydrogen) atoms. The summed E-state index contributed by atoms with van der Waals surface area (Å²) in [6.45, 7) is 7.11. The van der Waals surface area contributed by atoms with Gasteiger partial charge in [0.25, 0.3) is 10.2 Å². The van der Waals surface area contributed by atoms with Gasteiger partial charge in [0.15, 0.2) is 0 Å². The van der Waals surface area contributed by atoms with E-state index in [1.54, 1.807) is 11.8 Å². The molecule has 2 fully saturated rings. The van der Waals surface area contributed by atoms with E-state index in [2.05, 4.69) is 15.0 Å². The van der Waals surface area contributed by atoms with Gasteiger partial charge in [0, 0.05) is 57.9 Å². The highest BCUT2D eigenvalue weighted by Gasteiger charge is 2.36. The molecule has 1 aromatic carbocycles. The van der Waals surface area contributed by atoms with Gasteiger partial charge in [0.1, 0.15) is 0 Å². The van der Waals surface area contributed by atoms with E-state index in [-0.39, 0.29) is 19.1 Å². The van der Waals surface area contributed by atoms with Gasteiger partial charge in [-0.2, -0.15) is 22.0 Å². The molecule has 0 bridgehead atoms. The van der Waals surface area contributed by atoms with Crippen molar-refractivity contribution in [1.29, 1.82) is 0 Å². The summed E-state index contributed by atoms with van der Waals surface area (Å²) in [5.41, 5.74) is 0.888. The molecule has 2 aromatic rings. The summed E-state index contributed by atoms with van der Waals surface area (Å²) in [5.74, 6) is 1.06. The minimum absolute atomic E-state index is 0.118. The topological polar surface area (TPSA) is 112 Å². The second-order valence-corrected chi connectivity index (χ2v) is 9.95. The molecule has 0 N–H and O–H groups in total. The van der Waals surface area contributed by atoms with Gasteiger partial charge >= 0.3 is 6.09 Å². The average Bonchev–Trinajstić information content (AvgIpc) is 3.35. The lowest BCUT2D eigenvalue weighted by Gasteiger charge is -2.40. The third kappa shape index (κ3) is 5.18. The van der Waals surface area contributed by atoms with Crippen LogP contribution >= 0.6 is 0 Å². The normalized spacial score (nSPS) is 20.0. The van der Waals surface area contributed by atoms with Crippen LogP contribution in [-0.4, -0.2) is 102 Å². The van der Waals surface area contributed by atoms with Crippen molar-refractivity contribution in [2.24, 2.45) is 0 Å². The lowest BCUT2D eigenvalue weighted by molar-refractivity contribution is 0.0901. The molecule has 1 aromatic heterocycles. The van der Waals surface area contributed by atoms with Gasteiger partial charge in [-0.05, 0) is 13.8 Å². The molecule has 0 aliphatic carbocycles. The number of carbonyl (C=O) groups is 1. The third-order valence-corrected chi connectivity index (χ3v) is 8.10. The van der Waals surface area contributed by atoms with Crippen LogP contribution in [0.15, 0.2) is 34.9 Å². The molecule has 180 valence electrons. The summed E-state index contributed by atoms with van der Waals surface area (Å²) in [5, 5.41) is 4.09. The maximum Gasteiger partial charge on any atom is 0.409 e. The van der Waals surface area contributed by atoms with Crippen molar-refractivity contribution in [3.05, 3.63) is 36.2 Å². The number of rotatable bonds is 6. The van der Waals surface area contributed by atoms with Gasteiger partial charge in [-0.3, -0.25) is 4.90 Å². The van der Waals surface area contributed by atoms with Gasteiger partial charge < -0.3 is 14.2 Å². The van der Waals surface area contributed by atoms with Crippen molar-refractivity contribution in [3.8, 4) is 11.4 Å². The van der Waals surface area contributed by atoms with Crippen LogP contribution in [0.4, 0.5) is 4.79 Å². The predicted molar refractivity (Wildman–Crippen MR) is 120 cm³/mol. The zero-order valence-corrected chi connectivity index (χ0v) is 19.8. The first kappa shape index (κ1) is 23.6. The van der Waals surface area contributed by atoms with Crippen LogP contribution in [0.2, 0.25) is 0 Å². The van der Waals surface area contributed by atoms with E-state index >= 15 is 0 Å². The standard InChI is InChI=1S/C21H30N6O5S/c1-3-31-21(28)25-11-15-27(16-12-25)33(29,30)26-13-9-24(10-14-26)17(2)20-22-19(23-32-20)18-7-5-4-6-8-18/h4-8,17H,3,9-16H2,1-2H3. The Morgan fingerprint density at radius 1 is 1.03 bits per heavy atom. The zero-order chi connectivity index (χ0) is 23.4. The highest BCUT2D eigenvalue weighted by atomic mass is 32.2. The molecule has 0 spiro atoms. The zero-order valence-electron chi connectivity index (χ0n) is 19.0. The van der Waals surface area contributed by atoms with Crippen LogP contribution in [0.3, 0.4) is 0 Å². The Labute approximate surface area is 194 Å². The van der Waals surface area contributed by atoms with Gasteiger partial charge in [0.2, 0.25) is 11.7 Å². The highest BCUT2D eigenvalue weighted by molar-refractivity contribution is 7.86. The molecular weight excluding hydrogens is 448 g/mol. The van der Waals surface area contributed by atoms with E-state index in [0.29, 0.717) is 57.6 Å². The van der Waals surface area contributed by atoms with E-state index in [1.165, 1.54) is 8.61 Å². The maximum atomic E-state index is 13.1. The number of carbonyl (C=O) groups excluding carboxylic acids is 1. The fourth-order valence-corrected chi connectivity index (χ4v) is 5.64. The van der Waals surface area contributed by atoms with Crippen molar-refractivity contribution < 1.29 is 22.5 Å². The second kappa shape index (κ2) is 10.2. The summed E-state index contributed by atoms with van der Waals surface area (Å²) in [4.78, 5) is 20.1. The molecule has 1 amide bonds. The Morgan fingerprint density at radius 2 is 1.64 bits per heavy atom. The summed E-state index contributed by atoms with van der Waals surface area (Å²) >= 11 is 0. The van der Waals surface area contributed by atoms with Crippen LogP contribution in [0, 0.1) is 0 Å². The fourth-order valence-electron chi connectivity index (χ4n) is 4.07. The number of benzene rings is 1. The predicted octanol–water partition coefficient (Wildman–Crippen LogP) is 1.43. The number of ether oxygens (including phenoxy) is 1. The Morgan fingerprint density at radius 3 is 2.24 bits per heavy atom. The van der Waals surface area contributed by atoms with Crippen LogP contribution in [0.1, 0.15) is 25.8 Å². The van der Waals surface area contributed by atoms with E-state index < -0.39 is 16.3 Å². The van der Waals surface area contributed by atoms with Crippen LogP contribution in [0.5, 0.6) is 0 Å². The summed E-state index contributed by atoms with van der Waals surface area (Å²) < 4.78 is 39.7. The van der Waals surface area contributed by atoms with Gasteiger partial charge in [-0.15, -0.1) is 0 Å². The van der Waals surface area contributed by atoms with Crippen LogP contribution < -0.4 is 0 Å². The van der Waals surface area contributed by atoms with E-state index in [4.69, 9.17) is 9.26 Å². The summed E-state index contributed by atoms with van der Waals surface area (Å²) in [6.07, 6.45) is -0.395. The van der Waals surface area contributed by atoms with Crippen molar-refractivity contribution in [3.63, 3.8) is 0 Å². The SMILES string of the molecule is CCOC(=O)N1CCN(S(=O)(=O)N2CCN(C(C)c3nc(-c4ccccc4)no3)CC2)CC1. The Balaban J connectivity index is 1.31. The number of piperazine rings is 2. The van der Waals surface area contributed by atoms with Crippen LogP contribution in [0.25, 0.3) is 11.4 Å². The lowest BCUT2D eigenvalue weighted by Crippen LogP contribution is -2.57.